The van der Waals surface area contributed by atoms with Crippen LogP contribution in [0.4, 0.5) is 0 Å². The molecule has 0 aliphatic carbocycles. The second kappa shape index (κ2) is 14.4. The summed E-state index contributed by atoms with van der Waals surface area (Å²) in [7, 11) is 0. The highest BCUT2D eigenvalue weighted by Gasteiger charge is 2.26. The first-order valence-electron chi connectivity index (χ1n) is 22.8. The number of fused-ring (bicyclic) bond motifs is 13. The average Bonchev–Trinajstić information content (AvgIpc) is 4.12. The fraction of sp³-hybridized carbons (Fsp3) is 0. The minimum absolute atomic E-state index is 0.518. The van der Waals surface area contributed by atoms with Gasteiger partial charge in [0.1, 0.15) is 11.6 Å². The highest BCUT2D eigenvalue weighted by molar-refractivity contribution is 6.26. The van der Waals surface area contributed by atoms with Crippen molar-refractivity contribution >= 4 is 87.2 Å². The Kier molecular flexibility index (Phi) is 8.01. The minimum Gasteiger partial charge on any atom is -0.309 e. The molecule has 0 unspecified atom stereocenters. The maximum atomic E-state index is 11.9. The third-order valence-corrected chi connectivity index (χ3v) is 14.0. The molecule has 4 heterocycles. The van der Waals surface area contributed by atoms with E-state index in [1.807, 2.05) is 24.3 Å². The average molecular weight is 865 g/mol. The molecule has 0 spiro atoms. The molecule has 14 aromatic rings. The van der Waals surface area contributed by atoms with E-state index in [4.69, 9.17) is 0 Å². The van der Waals surface area contributed by atoms with Crippen LogP contribution < -0.4 is 0 Å². The second-order valence-electron chi connectivity index (χ2n) is 17.5. The maximum Gasteiger partial charge on any atom is 0.104 e. The number of hydrogen-bond donors (Lipinski definition) is 0. The maximum absolute atomic E-state index is 11.9. The summed E-state index contributed by atoms with van der Waals surface area (Å²) in [6, 6.07) is 81.7. The van der Waals surface area contributed by atoms with Gasteiger partial charge in [0.15, 0.2) is 0 Å². The molecule has 6 heteroatoms. The van der Waals surface area contributed by atoms with Gasteiger partial charge in [-0.25, -0.2) is 0 Å². The predicted octanol–water partition coefficient (Wildman–Crippen LogP) is 15.5. The number of aromatic nitrogens is 4. The van der Waals surface area contributed by atoms with Crippen LogP contribution in [0.2, 0.25) is 0 Å². The van der Waals surface area contributed by atoms with Crippen LogP contribution in [0.25, 0.3) is 121 Å². The Morgan fingerprint density at radius 3 is 1.37 bits per heavy atom. The molecular formula is C62H36N6. The zero-order valence-electron chi connectivity index (χ0n) is 36.5. The van der Waals surface area contributed by atoms with Gasteiger partial charge in [-0.1, -0.05) is 133 Å². The van der Waals surface area contributed by atoms with Crippen molar-refractivity contribution in [2.24, 2.45) is 0 Å². The Bertz CT molecular complexity index is 4510. The van der Waals surface area contributed by atoms with Gasteiger partial charge in [-0.15, -0.1) is 0 Å². The van der Waals surface area contributed by atoms with E-state index in [9.17, 15) is 10.5 Å². The number of nitriles is 2. The molecule has 0 atom stereocenters. The lowest BCUT2D eigenvalue weighted by atomic mass is 9.96. The molecule has 0 aliphatic rings. The van der Waals surface area contributed by atoms with Crippen molar-refractivity contribution in [3.63, 3.8) is 0 Å². The van der Waals surface area contributed by atoms with Gasteiger partial charge in [-0.05, 0) is 96.1 Å². The fourth-order valence-corrected chi connectivity index (χ4v) is 11.2. The molecule has 0 saturated carbocycles. The van der Waals surface area contributed by atoms with Gasteiger partial charge < -0.3 is 18.3 Å². The summed E-state index contributed by atoms with van der Waals surface area (Å²) in [5.41, 5.74) is 14.7. The van der Waals surface area contributed by atoms with Gasteiger partial charge in [0.05, 0.1) is 67.1 Å². The fourth-order valence-electron chi connectivity index (χ4n) is 11.2. The molecule has 0 aliphatic heterocycles. The van der Waals surface area contributed by atoms with Crippen molar-refractivity contribution in [3.8, 4) is 46.0 Å². The molecule has 0 bridgehead atoms. The molecule has 14 rings (SSSR count). The normalized spacial score (nSPS) is 11.8. The molecule has 0 saturated heterocycles. The van der Waals surface area contributed by atoms with Crippen LogP contribution in [0.15, 0.2) is 218 Å². The lowest BCUT2D eigenvalue weighted by Crippen LogP contribution is -2.05. The Morgan fingerprint density at radius 1 is 0.309 bits per heavy atom. The highest BCUT2D eigenvalue weighted by Crippen LogP contribution is 2.46. The van der Waals surface area contributed by atoms with Crippen LogP contribution in [0.5, 0.6) is 0 Å². The van der Waals surface area contributed by atoms with E-state index in [2.05, 4.69) is 225 Å². The SMILES string of the molecule is N#Cc1ccccc1-c1cc(-n2c3ccccc3c3cc4c(cc32)c2ccccc2n4-c2ccccc2)c(C#N)c(-n2c3ccccc3c3ccc4c(c5ccccc5n4-c4ccccc4)c32)c1. The van der Waals surface area contributed by atoms with Crippen LogP contribution in [0, 0.1) is 22.7 Å². The third-order valence-electron chi connectivity index (χ3n) is 14.0. The van der Waals surface area contributed by atoms with Gasteiger partial charge in [0.2, 0.25) is 0 Å². The summed E-state index contributed by atoms with van der Waals surface area (Å²) in [5, 5.41) is 31.3. The van der Waals surface area contributed by atoms with Crippen molar-refractivity contribution in [2.75, 3.05) is 0 Å². The van der Waals surface area contributed by atoms with E-state index in [0.29, 0.717) is 11.1 Å². The standard InChI is InChI=1S/C62H36N6/c63-37-39-17-7-8-22-43(39)40-33-57(67-53-28-14-11-25-46(53)50-35-59-49(36-60(50)67)45-24-10-13-27-52(45)66(59)42-20-5-2-6-21-42)51(38-64)58(34-40)68-54-29-15-9-23-44(54)47-31-32-56-61(62(47)68)48-26-12-16-30-55(48)65(56)41-18-3-1-4-19-41/h1-36H. The van der Waals surface area contributed by atoms with Gasteiger partial charge in [-0.3, -0.25) is 0 Å². The zero-order valence-corrected chi connectivity index (χ0v) is 36.5. The van der Waals surface area contributed by atoms with Crippen molar-refractivity contribution in [1.82, 2.24) is 18.3 Å². The largest absolute Gasteiger partial charge is 0.309 e. The van der Waals surface area contributed by atoms with Crippen molar-refractivity contribution in [2.45, 2.75) is 0 Å². The van der Waals surface area contributed by atoms with Gasteiger partial charge >= 0.3 is 0 Å². The number of benzene rings is 10. The lowest BCUT2D eigenvalue weighted by molar-refractivity contribution is 1.12. The van der Waals surface area contributed by atoms with Crippen LogP contribution in [0.1, 0.15) is 11.1 Å². The van der Waals surface area contributed by atoms with Crippen LogP contribution in [-0.2, 0) is 0 Å². The van der Waals surface area contributed by atoms with Crippen LogP contribution in [0.3, 0.4) is 0 Å². The summed E-state index contributed by atoms with van der Waals surface area (Å²) >= 11 is 0. The first kappa shape index (κ1) is 37.7. The van der Waals surface area contributed by atoms with E-state index in [0.717, 1.165) is 121 Å². The molecule has 0 fully saturated rings. The molecule has 0 amide bonds. The van der Waals surface area contributed by atoms with Crippen molar-refractivity contribution in [1.29, 1.82) is 10.5 Å². The van der Waals surface area contributed by atoms with Crippen LogP contribution >= 0.6 is 0 Å². The Labute approximate surface area is 389 Å². The number of para-hydroxylation sites is 6. The van der Waals surface area contributed by atoms with Crippen LogP contribution in [-0.4, -0.2) is 18.3 Å². The summed E-state index contributed by atoms with van der Waals surface area (Å²) in [6.45, 7) is 0. The quantitative estimate of drug-likeness (QED) is 0.173. The predicted molar refractivity (Wildman–Crippen MR) is 279 cm³/mol. The Balaban J connectivity index is 1.16. The molecule has 4 aromatic heterocycles. The molecule has 0 N–H and O–H groups in total. The third kappa shape index (κ3) is 5.20. The zero-order chi connectivity index (χ0) is 45.0. The smallest absolute Gasteiger partial charge is 0.104 e. The molecule has 6 nitrogen and oxygen atoms in total. The highest BCUT2D eigenvalue weighted by atomic mass is 15.0. The topological polar surface area (TPSA) is 67.3 Å². The second-order valence-corrected chi connectivity index (χ2v) is 17.5. The summed E-state index contributed by atoms with van der Waals surface area (Å²) in [5.74, 6) is 0. The number of hydrogen-bond acceptors (Lipinski definition) is 2. The van der Waals surface area contributed by atoms with Crippen molar-refractivity contribution < 1.29 is 0 Å². The number of rotatable bonds is 5. The molecule has 10 aromatic carbocycles. The van der Waals surface area contributed by atoms with Gasteiger partial charge in [0, 0.05) is 54.5 Å². The monoisotopic (exact) mass is 864 g/mol. The van der Waals surface area contributed by atoms with Crippen molar-refractivity contribution in [3.05, 3.63) is 230 Å². The van der Waals surface area contributed by atoms with E-state index in [-0.39, 0.29) is 0 Å². The molecule has 314 valence electrons. The summed E-state index contributed by atoms with van der Waals surface area (Å²) < 4.78 is 9.29. The number of nitrogens with zero attached hydrogens (tertiary/aromatic N) is 6. The molecular weight excluding hydrogens is 829 g/mol. The van der Waals surface area contributed by atoms with E-state index in [1.54, 1.807) is 0 Å². The molecule has 0 radical (unpaired) electrons. The summed E-state index contributed by atoms with van der Waals surface area (Å²) in [6.07, 6.45) is 0. The van der Waals surface area contributed by atoms with E-state index < -0.39 is 0 Å². The van der Waals surface area contributed by atoms with Gasteiger partial charge in [-0.2, -0.15) is 10.5 Å². The summed E-state index contributed by atoms with van der Waals surface area (Å²) in [4.78, 5) is 0. The molecule has 68 heavy (non-hydrogen) atoms. The van der Waals surface area contributed by atoms with E-state index in [1.165, 1.54) is 0 Å². The first-order chi connectivity index (χ1) is 33.7. The Hall–Kier alpha value is -9.62. The first-order valence-corrected chi connectivity index (χ1v) is 22.8. The lowest BCUT2D eigenvalue weighted by Gasteiger charge is -2.19. The minimum atomic E-state index is 0.518. The Morgan fingerprint density at radius 2 is 0.765 bits per heavy atom. The van der Waals surface area contributed by atoms with E-state index >= 15 is 0 Å². The van der Waals surface area contributed by atoms with Gasteiger partial charge in [0.25, 0.3) is 0 Å².